The summed E-state index contributed by atoms with van der Waals surface area (Å²) in [4.78, 5) is 0. The number of hydrogen-bond acceptors (Lipinski definition) is 3. The van der Waals surface area contributed by atoms with Crippen LogP contribution in [0.2, 0.25) is 0 Å². The summed E-state index contributed by atoms with van der Waals surface area (Å²) in [6.07, 6.45) is 11.6. The van der Waals surface area contributed by atoms with Crippen LogP contribution >= 0.6 is 0 Å². The van der Waals surface area contributed by atoms with Crippen molar-refractivity contribution >= 4 is 24.1 Å². The molecule has 1 N–H and O–H groups in total. The Morgan fingerprint density at radius 3 is 3.13 bits per heavy atom. The van der Waals surface area contributed by atoms with Gasteiger partial charge >= 0.3 is 0 Å². The molecule has 2 aliphatic heterocycles. The van der Waals surface area contributed by atoms with Crippen molar-refractivity contribution in [2.24, 2.45) is 10.2 Å². The van der Waals surface area contributed by atoms with Crippen molar-refractivity contribution in [1.82, 2.24) is 0 Å². The van der Waals surface area contributed by atoms with Crippen LogP contribution in [0, 0.1) is 0 Å². The third kappa shape index (κ3) is 1.29. The van der Waals surface area contributed by atoms with E-state index in [1.165, 1.54) is 5.22 Å². The maximum Gasteiger partial charge on any atom is 0.0950 e. The summed E-state index contributed by atoms with van der Waals surface area (Å²) in [6.45, 7) is 0. The van der Waals surface area contributed by atoms with Gasteiger partial charge in [-0.25, -0.2) is 0 Å². The minimum absolute atomic E-state index is 0.898. The SMILES string of the molecule is C1=CNc2c3c(ccc2=C1)=NN=CC=C3. The molecule has 0 unspecified atom stereocenters. The van der Waals surface area contributed by atoms with Gasteiger partial charge in [0.25, 0.3) is 0 Å². The van der Waals surface area contributed by atoms with Gasteiger partial charge in [0.05, 0.1) is 11.0 Å². The molecule has 0 spiro atoms. The standard InChI is InChI=1S/C12H9N3/c1-3-9-5-6-11-10(12(9)13-7-1)4-2-8-14-15-11/h1-8,13H. The van der Waals surface area contributed by atoms with Crippen molar-refractivity contribution in [3.05, 3.63) is 46.6 Å². The Kier molecular flexibility index (Phi) is 1.75. The maximum atomic E-state index is 4.12. The molecule has 2 heterocycles. The van der Waals surface area contributed by atoms with Gasteiger partial charge in [0.1, 0.15) is 0 Å². The number of hydrogen-bond donors (Lipinski definition) is 1. The van der Waals surface area contributed by atoms with Gasteiger partial charge in [0, 0.05) is 18.0 Å². The minimum Gasteiger partial charge on any atom is -0.361 e. The quantitative estimate of drug-likeness (QED) is 0.659. The highest BCUT2D eigenvalue weighted by Gasteiger charge is 2.05. The predicted octanol–water partition coefficient (Wildman–Crippen LogP) is 1.04. The van der Waals surface area contributed by atoms with E-state index in [2.05, 4.69) is 21.6 Å². The van der Waals surface area contributed by atoms with E-state index in [1.54, 1.807) is 6.21 Å². The maximum absolute atomic E-state index is 4.12. The van der Waals surface area contributed by atoms with Crippen molar-refractivity contribution in [3.63, 3.8) is 0 Å². The molecule has 0 saturated heterocycles. The summed E-state index contributed by atoms with van der Waals surface area (Å²) in [5.74, 6) is 0. The molecule has 1 aromatic rings. The van der Waals surface area contributed by atoms with E-state index in [0.29, 0.717) is 0 Å². The largest absolute Gasteiger partial charge is 0.361 e. The van der Waals surface area contributed by atoms with Crippen LogP contribution in [0.1, 0.15) is 5.56 Å². The highest BCUT2D eigenvalue weighted by Crippen LogP contribution is 2.11. The van der Waals surface area contributed by atoms with E-state index in [9.17, 15) is 0 Å². The highest BCUT2D eigenvalue weighted by atomic mass is 15.2. The number of rotatable bonds is 0. The second kappa shape index (κ2) is 3.20. The molecule has 0 aliphatic carbocycles. The lowest BCUT2D eigenvalue weighted by atomic mass is 10.1. The smallest absolute Gasteiger partial charge is 0.0950 e. The Morgan fingerprint density at radius 1 is 1.13 bits per heavy atom. The van der Waals surface area contributed by atoms with Crippen LogP contribution in [0.4, 0.5) is 5.69 Å². The first-order chi connectivity index (χ1) is 7.45. The summed E-state index contributed by atoms with van der Waals surface area (Å²) in [6, 6.07) is 4.03. The second-order valence-electron chi connectivity index (χ2n) is 3.36. The van der Waals surface area contributed by atoms with Gasteiger partial charge in [-0.3, -0.25) is 0 Å². The van der Waals surface area contributed by atoms with Crippen molar-refractivity contribution in [2.75, 3.05) is 5.32 Å². The first-order valence-electron chi connectivity index (χ1n) is 4.79. The summed E-state index contributed by atoms with van der Waals surface area (Å²) in [5, 5.41) is 13.4. The first kappa shape index (κ1) is 8.17. The number of nitrogens with zero attached hydrogens (tertiary/aromatic N) is 2. The molecular weight excluding hydrogens is 186 g/mol. The van der Waals surface area contributed by atoms with Crippen molar-refractivity contribution in [3.8, 4) is 0 Å². The molecule has 0 bridgehead atoms. The van der Waals surface area contributed by atoms with Gasteiger partial charge < -0.3 is 5.32 Å². The average Bonchev–Trinajstić information content (AvgIpc) is 2.54. The van der Waals surface area contributed by atoms with Crippen LogP contribution in [0.25, 0.3) is 12.2 Å². The number of benzene rings is 1. The van der Waals surface area contributed by atoms with Crippen LogP contribution in [-0.2, 0) is 0 Å². The van der Waals surface area contributed by atoms with Gasteiger partial charge in [-0.2, -0.15) is 10.2 Å². The molecule has 2 aliphatic rings. The molecular formula is C12H9N3. The molecule has 0 amide bonds. The lowest BCUT2D eigenvalue weighted by molar-refractivity contribution is 1.14. The Bertz CT molecular complexity index is 606. The zero-order chi connectivity index (χ0) is 10.1. The minimum atomic E-state index is 0.898. The van der Waals surface area contributed by atoms with Gasteiger partial charge in [-0.05, 0) is 29.5 Å². The number of fused-ring (bicyclic) bond motifs is 3. The predicted molar refractivity (Wildman–Crippen MR) is 62.0 cm³/mol. The molecule has 0 saturated carbocycles. The molecule has 1 aromatic carbocycles. The highest BCUT2D eigenvalue weighted by molar-refractivity contribution is 5.82. The molecule has 0 radical (unpaired) electrons. The van der Waals surface area contributed by atoms with Crippen LogP contribution in [0.3, 0.4) is 0 Å². The zero-order valence-electron chi connectivity index (χ0n) is 8.01. The van der Waals surface area contributed by atoms with Crippen LogP contribution in [-0.4, -0.2) is 6.21 Å². The summed E-state index contributed by atoms with van der Waals surface area (Å²) in [7, 11) is 0. The second-order valence-corrected chi connectivity index (χ2v) is 3.36. The molecule has 0 atom stereocenters. The van der Waals surface area contributed by atoms with E-state index >= 15 is 0 Å². The topological polar surface area (TPSA) is 36.8 Å². The number of nitrogens with one attached hydrogen (secondary N) is 1. The summed E-state index contributed by atoms with van der Waals surface area (Å²) in [5.41, 5.74) is 2.19. The molecule has 0 fully saturated rings. The molecule has 0 aromatic heterocycles. The fourth-order valence-corrected chi connectivity index (χ4v) is 1.74. The van der Waals surface area contributed by atoms with Crippen molar-refractivity contribution < 1.29 is 0 Å². The number of anilines is 1. The van der Waals surface area contributed by atoms with Crippen LogP contribution in [0.15, 0.2) is 40.7 Å². The van der Waals surface area contributed by atoms with Gasteiger partial charge in [0.2, 0.25) is 0 Å². The van der Waals surface area contributed by atoms with Gasteiger partial charge in [0.15, 0.2) is 0 Å². The van der Waals surface area contributed by atoms with E-state index in [4.69, 9.17) is 0 Å². The molecule has 72 valence electrons. The lowest BCUT2D eigenvalue weighted by Gasteiger charge is -2.09. The van der Waals surface area contributed by atoms with E-state index in [-0.39, 0.29) is 0 Å². The first-order valence-corrected chi connectivity index (χ1v) is 4.79. The Balaban J connectivity index is 2.41. The van der Waals surface area contributed by atoms with Crippen molar-refractivity contribution in [1.29, 1.82) is 0 Å². The number of allylic oxidation sites excluding steroid dienone is 2. The van der Waals surface area contributed by atoms with Crippen molar-refractivity contribution in [2.45, 2.75) is 0 Å². The molecule has 3 heteroatoms. The average molecular weight is 195 g/mol. The normalized spacial score (nSPS) is 15.5. The van der Waals surface area contributed by atoms with Crippen LogP contribution < -0.4 is 15.9 Å². The Morgan fingerprint density at radius 2 is 2.13 bits per heavy atom. The fourth-order valence-electron chi connectivity index (χ4n) is 1.74. The molecule has 3 nitrogen and oxygen atoms in total. The van der Waals surface area contributed by atoms with E-state index < -0.39 is 0 Å². The van der Waals surface area contributed by atoms with E-state index in [1.807, 2.05) is 36.6 Å². The van der Waals surface area contributed by atoms with Gasteiger partial charge in [-0.1, -0.05) is 12.1 Å². The zero-order valence-corrected chi connectivity index (χ0v) is 8.01. The van der Waals surface area contributed by atoms with Crippen LogP contribution in [0.5, 0.6) is 0 Å². The van der Waals surface area contributed by atoms with Gasteiger partial charge in [-0.15, -0.1) is 0 Å². The molecule has 3 rings (SSSR count). The molecule has 15 heavy (non-hydrogen) atoms. The Labute approximate surface area is 86.9 Å². The summed E-state index contributed by atoms with van der Waals surface area (Å²) >= 11 is 0. The lowest BCUT2D eigenvalue weighted by Crippen LogP contribution is -2.19. The Hall–Kier alpha value is -2.16. The summed E-state index contributed by atoms with van der Waals surface area (Å²) < 4.78 is 0. The van der Waals surface area contributed by atoms with E-state index in [0.717, 1.165) is 16.6 Å². The third-order valence-electron chi connectivity index (χ3n) is 2.44. The fraction of sp³-hybridized carbons (Fsp3) is 0. The third-order valence-corrected chi connectivity index (χ3v) is 2.44. The monoisotopic (exact) mass is 195 g/mol.